The number of benzene rings is 2. The normalized spacial score (nSPS) is 12.8. The van der Waals surface area contributed by atoms with Gasteiger partial charge >= 0.3 is 12.1 Å². The predicted octanol–water partition coefficient (Wildman–Crippen LogP) is 3.67. The van der Waals surface area contributed by atoms with Crippen LogP contribution in [0.4, 0.5) is 4.79 Å². The average molecular weight is 458 g/mol. The number of fused-ring (bicyclic) bond motifs is 2. The summed E-state index contributed by atoms with van der Waals surface area (Å²) in [6, 6.07) is 7.42. The third-order valence-corrected chi connectivity index (χ3v) is 5.35. The lowest BCUT2D eigenvalue weighted by Gasteiger charge is -2.22. The highest BCUT2D eigenvalue weighted by Gasteiger charge is 2.23. The zero-order valence-electron chi connectivity index (χ0n) is 19.0. The minimum absolute atomic E-state index is 0.161. The van der Waals surface area contributed by atoms with Crippen LogP contribution in [0, 0.1) is 0 Å². The Morgan fingerprint density at radius 3 is 2.33 bits per heavy atom. The van der Waals surface area contributed by atoms with Crippen molar-refractivity contribution in [2.75, 3.05) is 39.6 Å². The fourth-order valence-corrected chi connectivity index (χ4v) is 3.74. The van der Waals surface area contributed by atoms with Crippen molar-refractivity contribution in [3.63, 3.8) is 0 Å². The summed E-state index contributed by atoms with van der Waals surface area (Å²) in [4.78, 5) is 23.6. The molecule has 178 valence electrons. The van der Waals surface area contributed by atoms with Gasteiger partial charge in [0.05, 0.1) is 26.4 Å². The summed E-state index contributed by atoms with van der Waals surface area (Å²) >= 11 is 0. The molecule has 0 fully saturated rings. The molecule has 0 bridgehead atoms. The molecule has 0 aromatic heterocycles. The van der Waals surface area contributed by atoms with Crippen molar-refractivity contribution in [3.05, 3.63) is 47.5 Å². The van der Waals surface area contributed by atoms with Gasteiger partial charge < -0.3 is 29.4 Å². The second-order valence-electron chi connectivity index (χ2n) is 7.84. The number of phenols is 1. The highest BCUT2D eigenvalue weighted by atomic mass is 16.6. The Bertz CT molecular complexity index is 1000. The van der Waals surface area contributed by atoms with Crippen LogP contribution in [0.25, 0.3) is 10.8 Å². The number of phenolic OH excluding ortho intramolecular Hbond substituents is 1. The number of amides is 1. The molecule has 0 spiro atoms. The van der Waals surface area contributed by atoms with Crippen molar-refractivity contribution in [2.24, 2.45) is 0 Å². The van der Waals surface area contributed by atoms with E-state index in [9.17, 15) is 14.7 Å². The summed E-state index contributed by atoms with van der Waals surface area (Å²) in [5, 5.41) is 14.8. The van der Waals surface area contributed by atoms with Gasteiger partial charge in [0.1, 0.15) is 18.1 Å². The van der Waals surface area contributed by atoms with Gasteiger partial charge in [-0.3, -0.25) is 0 Å². The van der Waals surface area contributed by atoms with Gasteiger partial charge in [0.2, 0.25) is 0 Å². The average Bonchev–Trinajstić information content (AvgIpc) is 2.82. The first-order chi connectivity index (χ1) is 16.0. The van der Waals surface area contributed by atoms with Crippen LogP contribution in [0.3, 0.4) is 0 Å². The fourth-order valence-electron chi connectivity index (χ4n) is 3.74. The van der Waals surface area contributed by atoms with Crippen LogP contribution < -0.4 is 10.1 Å². The van der Waals surface area contributed by atoms with E-state index in [1.807, 2.05) is 24.3 Å². The molecule has 33 heavy (non-hydrogen) atoms. The Hall–Kier alpha value is -3.10. The van der Waals surface area contributed by atoms with E-state index in [4.69, 9.17) is 18.9 Å². The van der Waals surface area contributed by atoms with E-state index in [2.05, 4.69) is 11.9 Å². The van der Waals surface area contributed by atoms with Crippen LogP contribution in [-0.2, 0) is 31.8 Å². The second-order valence-corrected chi connectivity index (χ2v) is 7.84. The van der Waals surface area contributed by atoms with Gasteiger partial charge in [0, 0.05) is 34.0 Å². The van der Waals surface area contributed by atoms with Gasteiger partial charge in [-0.1, -0.05) is 30.8 Å². The van der Waals surface area contributed by atoms with E-state index in [1.165, 1.54) is 0 Å². The number of hydrogen-bond acceptors (Lipinski definition) is 7. The number of carbonyl (C=O) groups is 2. The lowest BCUT2D eigenvalue weighted by molar-refractivity contribution is -0.140. The highest BCUT2D eigenvalue weighted by molar-refractivity contribution is 5.97. The van der Waals surface area contributed by atoms with Gasteiger partial charge in [-0.15, -0.1) is 0 Å². The molecule has 0 radical (unpaired) electrons. The number of nitrogens with one attached hydrogen (secondary N) is 1. The summed E-state index contributed by atoms with van der Waals surface area (Å²) in [6.45, 7) is 6.81. The molecule has 8 nitrogen and oxygen atoms in total. The summed E-state index contributed by atoms with van der Waals surface area (Å²) in [6.07, 6.45) is 2.99. The van der Waals surface area contributed by atoms with Crippen LogP contribution in [-0.4, -0.2) is 56.7 Å². The Balaban J connectivity index is 1.40. The number of aromatic hydroxyl groups is 1. The van der Waals surface area contributed by atoms with E-state index in [0.717, 1.165) is 42.2 Å². The Morgan fingerprint density at radius 2 is 1.61 bits per heavy atom. The summed E-state index contributed by atoms with van der Waals surface area (Å²) in [5.74, 6) is 0.378. The van der Waals surface area contributed by atoms with Gasteiger partial charge in [-0.05, 0) is 32.6 Å². The first-order valence-corrected chi connectivity index (χ1v) is 11.2. The molecule has 2 aromatic rings. The monoisotopic (exact) mass is 457 g/mol. The number of esters is 1. The Morgan fingerprint density at radius 1 is 0.970 bits per heavy atom. The molecule has 0 heterocycles. The van der Waals surface area contributed by atoms with Gasteiger partial charge in [-0.25, -0.2) is 9.59 Å². The minimum Gasteiger partial charge on any atom is -0.507 e. The lowest BCUT2D eigenvalue weighted by atomic mass is 9.87. The van der Waals surface area contributed by atoms with Crippen molar-refractivity contribution in [1.29, 1.82) is 0 Å². The van der Waals surface area contributed by atoms with Crippen molar-refractivity contribution in [2.45, 2.75) is 32.6 Å². The Kier molecular flexibility index (Phi) is 9.09. The topological polar surface area (TPSA) is 103 Å². The molecule has 1 amide bonds. The zero-order valence-corrected chi connectivity index (χ0v) is 19.0. The number of hydrogen-bond donors (Lipinski definition) is 2. The van der Waals surface area contributed by atoms with Crippen molar-refractivity contribution in [3.8, 4) is 11.5 Å². The molecule has 0 aliphatic heterocycles. The summed E-state index contributed by atoms with van der Waals surface area (Å²) < 4.78 is 21.3. The predicted molar refractivity (Wildman–Crippen MR) is 124 cm³/mol. The molecule has 2 aromatic carbocycles. The van der Waals surface area contributed by atoms with Crippen LogP contribution >= 0.6 is 0 Å². The molecule has 0 saturated heterocycles. The molecule has 0 atom stereocenters. The largest absolute Gasteiger partial charge is 0.507 e. The van der Waals surface area contributed by atoms with E-state index in [0.29, 0.717) is 36.5 Å². The van der Waals surface area contributed by atoms with Gasteiger partial charge in [0.15, 0.2) is 0 Å². The van der Waals surface area contributed by atoms with E-state index in [1.54, 1.807) is 6.92 Å². The molecule has 3 rings (SSSR count). The van der Waals surface area contributed by atoms with Crippen molar-refractivity contribution < 1.29 is 33.6 Å². The molecule has 0 unspecified atom stereocenters. The van der Waals surface area contributed by atoms with E-state index in [-0.39, 0.29) is 25.5 Å². The first kappa shape index (κ1) is 24.5. The molecular weight excluding hydrogens is 426 g/mol. The zero-order chi connectivity index (χ0) is 23.6. The molecule has 0 saturated carbocycles. The summed E-state index contributed by atoms with van der Waals surface area (Å²) in [7, 11) is 0. The maximum atomic E-state index is 12.4. The van der Waals surface area contributed by atoms with Gasteiger partial charge in [0.25, 0.3) is 0 Å². The van der Waals surface area contributed by atoms with Crippen LogP contribution in [0.2, 0.25) is 0 Å². The van der Waals surface area contributed by atoms with Gasteiger partial charge in [-0.2, -0.15) is 0 Å². The smallest absolute Gasteiger partial charge is 0.412 e. The summed E-state index contributed by atoms with van der Waals surface area (Å²) in [5.41, 5.74) is 2.14. The number of rotatable bonds is 11. The minimum atomic E-state index is -0.558. The molecule has 8 heteroatoms. The number of ether oxygens (including phenoxy) is 4. The fraction of sp³-hybridized carbons (Fsp3) is 0.440. The lowest BCUT2D eigenvalue weighted by Crippen LogP contribution is -2.31. The van der Waals surface area contributed by atoms with Crippen LogP contribution in [0.1, 0.15) is 30.9 Å². The first-order valence-electron chi connectivity index (χ1n) is 11.2. The third-order valence-electron chi connectivity index (χ3n) is 5.35. The number of carbonyl (C=O) groups excluding carboxylic acids is 2. The molecule has 1 aliphatic rings. The van der Waals surface area contributed by atoms with Crippen molar-refractivity contribution >= 4 is 22.8 Å². The quantitative estimate of drug-likeness (QED) is 0.301. The third kappa shape index (κ3) is 6.69. The standard InChI is InChI=1S/C25H31NO7/c1-17(2)24(28)32-16-15-31-14-13-30-12-11-26-25(29)33-23-20-9-5-3-7-18(20)22(27)19-8-4-6-10-21(19)23/h3,5,7,9,27H,1,4,6,8,10-16H2,2H3,(H,26,29). The van der Waals surface area contributed by atoms with E-state index >= 15 is 0 Å². The van der Waals surface area contributed by atoms with Crippen LogP contribution in [0.5, 0.6) is 11.5 Å². The molecular formula is C25H31NO7. The Labute approximate surface area is 193 Å². The SMILES string of the molecule is C=C(C)C(=O)OCCOCCOCCNC(=O)Oc1c2c(c(O)c3ccccc13)CCCC2. The van der Waals surface area contributed by atoms with E-state index < -0.39 is 12.1 Å². The second kappa shape index (κ2) is 12.2. The van der Waals surface area contributed by atoms with Crippen molar-refractivity contribution in [1.82, 2.24) is 5.32 Å². The molecule has 2 N–H and O–H groups in total. The van der Waals surface area contributed by atoms with Crippen LogP contribution in [0.15, 0.2) is 36.4 Å². The maximum Gasteiger partial charge on any atom is 0.412 e. The maximum absolute atomic E-state index is 12.4. The highest BCUT2D eigenvalue weighted by Crippen LogP contribution is 2.43. The molecule has 1 aliphatic carbocycles.